The maximum Gasteiger partial charge on any atom is 0.238 e. The summed E-state index contributed by atoms with van der Waals surface area (Å²) in [6.45, 7) is 2.87. The molecule has 0 radical (unpaired) electrons. The van der Waals surface area contributed by atoms with E-state index in [0.29, 0.717) is 42.8 Å². The molecule has 0 bridgehead atoms. The van der Waals surface area contributed by atoms with Gasteiger partial charge in [0.1, 0.15) is 0 Å². The number of carbonyl (C=O) groups is 2. The predicted molar refractivity (Wildman–Crippen MR) is 108 cm³/mol. The fourth-order valence-electron chi connectivity index (χ4n) is 2.99. The summed E-state index contributed by atoms with van der Waals surface area (Å²) in [5.74, 6) is 0.471. The van der Waals surface area contributed by atoms with Crippen LogP contribution < -0.4 is 10.2 Å². The second-order valence-corrected chi connectivity index (χ2v) is 7.02. The Bertz CT molecular complexity index is 811. The number of hydrogen-bond acceptors (Lipinski definition) is 6. The van der Waals surface area contributed by atoms with Gasteiger partial charge >= 0.3 is 0 Å². The molecule has 1 saturated heterocycles. The van der Waals surface area contributed by atoms with E-state index in [1.807, 2.05) is 4.90 Å². The van der Waals surface area contributed by atoms with Crippen LogP contribution in [0.4, 0.5) is 11.6 Å². The number of halogens is 1. The summed E-state index contributed by atoms with van der Waals surface area (Å²) < 4.78 is 0. The van der Waals surface area contributed by atoms with Gasteiger partial charge in [0.2, 0.25) is 17.8 Å². The van der Waals surface area contributed by atoms with Gasteiger partial charge in [-0.3, -0.25) is 14.5 Å². The van der Waals surface area contributed by atoms with Crippen molar-refractivity contribution in [2.45, 2.75) is 0 Å². The Morgan fingerprint density at radius 1 is 1.07 bits per heavy atom. The van der Waals surface area contributed by atoms with E-state index >= 15 is 0 Å². The number of amides is 2. The Kier molecular flexibility index (Phi) is 6.78. The Labute approximate surface area is 169 Å². The molecule has 1 fully saturated rings. The van der Waals surface area contributed by atoms with E-state index in [0.717, 1.165) is 0 Å². The molecular weight excluding hydrogens is 380 g/mol. The molecule has 3 rings (SSSR count). The van der Waals surface area contributed by atoms with Gasteiger partial charge in [0, 0.05) is 38.6 Å². The van der Waals surface area contributed by atoms with E-state index in [1.165, 1.54) is 0 Å². The van der Waals surface area contributed by atoms with Gasteiger partial charge in [-0.25, -0.2) is 9.97 Å². The van der Waals surface area contributed by atoms with Crippen LogP contribution in [-0.2, 0) is 9.59 Å². The van der Waals surface area contributed by atoms with Crippen LogP contribution in [0.2, 0.25) is 5.02 Å². The molecule has 0 aliphatic carbocycles. The number of nitrogens with one attached hydrogen (secondary N) is 1. The van der Waals surface area contributed by atoms with Gasteiger partial charge in [-0.1, -0.05) is 23.7 Å². The summed E-state index contributed by atoms with van der Waals surface area (Å²) in [5, 5.41) is 3.24. The fraction of sp³-hybridized carbons (Fsp3) is 0.368. The topological polar surface area (TPSA) is 81.7 Å². The first kappa shape index (κ1) is 20.0. The zero-order valence-corrected chi connectivity index (χ0v) is 16.5. The highest BCUT2D eigenvalue weighted by Gasteiger charge is 2.23. The summed E-state index contributed by atoms with van der Waals surface area (Å²) in [6, 6.07) is 8.83. The quantitative estimate of drug-likeness (QED) is 0.785. The molecule has 148 valence electrons. The van der Waals surface area contributed by atoms with Crippen molar-refractivity contribution in [3.05, 3.63) is 47.7 Å². The molecule has 1 N–H and O–H groups in total. The van der Waals surface area contributed by atoms with E-state index < -0.39 is 0 Å². The maximum absolute atomic E-state index is 12.5. The number of likely N-dealkylation sites (N-methyl/N-ethyl adjacent to an activating group) is 1. The third kappa shape index (κ3) is 5.40. The largest absolute Gasteiger partial charge is 0.338 e. The van der Waals surface area contributed by atoms with Crippen LogP contribution in [-0.4, -0.2) is 77.9 Å². The minimum Gasteiger partial charge on any atom is -0.338 e. The van der Waals surface area contributed by atoms with E-state index in [9.17, 15) is 9.59 Å². The second kappa shape index (κ2) is 9.48. The lowest BCUT2D eigenvalue weighted by Gasteiger charge is -2.35. The number of benzene rings is 1. The van der Waals surface area contributed by atoms with Crippen LogP contribution in [0.15, 0.2) is 42.7 Å². The van der Waals surface area contributed by atoms with Crippen LogP contribution in [0, 0.1) is 0 Å². The summed E-state index contributed by atoms with van der Waals surface area (Å²) in [7, 11) is 1.75. The molecule has 0 unspecified atom stereocenters. The van der Waals surface area contributed by atoms with Crippen LogP contribution in [0.1, 0.15) is 0 Å². The van der Waals surface area contributed by atoms with Crippen LogP contribution in [0.3, 0.4) is 0 Å². The number of hydrogen-bond donors (Lipinski definition) is 1. The Hall–Kier alpha value is -2.71. The van der Waals surface area contributed by atoms with E-state index in [2.05, 4.69) is 20.2 Å². The average Bonchev–Trinajstić information content (AvgIpc) is 2.70. The minimum atomic E-state index is -0.213. The van der Waals surface area contributed by atoms with Gasteiger partial charge < -0.3 is 15.1 Å². The number of piperazine rings is 1. The molecule has 1 aliphatic heterocycles. The van der Waals surface area contributed by atoms with Crippen molar-refractivity contribution in [2.75, 3.05) is 56.5 Å². The number of nitrogens with zero attached hydrogens (tertiary/aromatic N) is 5. The van der Waals surface area contributed by atoms with Crippen molar-refractivity contribution in [1.82, 2.24) is 19.8 Å². The molecule has 2 amide bonds. The van der Waals surface area contributed by atoms with Crippen molar-refractivity contribution in [1.29, 1.82) is 0 Å². The normalized spacial score (nSPS) is 14.2. The Balaban J connectivity index is 1.43. The molecule has 28 heavy (non-hydrogen) atoms. The Morgan fingerprint density at radius 3 is 2.43 bits per heavy atom. The lowest BCUT2D eigenvalue weighted by atomic mass is 10.3. The van der Waals surface area contributed by atoms with Crippen molar-refractivity contribution in [3.63, 3.8) is 0 Å². The molecule has 0 spiro atoms. The number of aromatic nitrogens is 2. The van der Waals surface area contributed by atoms with Gasteiger partial charge in [0.15, 0.2) is 0 Å². The van der Waals surface area contributed by atoms with E-state index in [1.54, 1.807) is 54.7 Å². The van der Waals surface area contributed by atoms with E-state index in [4.69, 9.17) is 11.6 Å². The monoisotopic (exact) mass is 402 g/mol. The summed E-state index contributed by atoms with van der Waals surface area (Å²) in [4.78, 5) is 38.8. The second-order valence-electron chi connectivity index (χ2n) is 6.62. The zero-order valence-electron chi connectivity index (χ0n) is 15.7. The smallest absolute Gasteiger partial charge is 0.238 e. The predicted octanol–water partition coefficient (Wildman–Crippen LogP) is 1.35. The minimum absolute atomic E-state index is 0.00155. The van der Waals surface area contributed by atoms with Gasteiger partial charge in [-0.05, 0) is 25.2 Å². The number of carbonyl (C=O) groups excluding carboxylic acids is 2. The molecule has 1 aromatic carbocycles. The lowest BCUT2D eigenvalue weighted by molar-refractivity contribution is -0.132. The van der Waals surface area contributed by atoms with Crippen molar-refractivity contribution < 1.29 is 9.59 Å². The summed E-state index contributed by atoms with van der Waals surface area (Å²) in [6.07, 6.45) is 3.42. The maximum atomic E-state index is 12.5. The first-order valence-corrected chi connectivity index (χ1v) is 9.43. The van der Waals surface area contributed by atoms with Crippen molar-refractivity contribution in [3.8, 4) is 0 Å². The molecule has 0 saturated carbocycles. The van der Waals surface area contributed by atoms with E-state index in [-0.39, 0.29) is 24.9 Å². The third-order valence-corrected chi connectivity index (χ3v) is 4.76. The van der Waals surface area contributed by atoms with Crippen LogP contribution in [0.5, 0.6) is 0 Å². The lowest BCUT2D eigenvalue weighted by Crippen LogP contribution is -2.51. The van der Waals surface area contributed by atoms with Crippen molar-refractivity contribution in [2.24, 2.45) is 0 Å². The molecule has 8 nitrogen and oxygen atoms in total. The molecule has 2 aromatic rings. The first-order valence-electron chi connectivity index (χ1n) is 9.05. The van der Waals surface area contributed by atoms with Gasteiger partial charge in [-0.15, -0.1) is 0 Å². The number of anilines is 2. The standard InChI is InChI=1S/C19H23ClN6O2/c1-24(13-17(27)23-16-6-3-2-5-15(16)20)14-18(28)25-9-11-26(12-10-25)19-21-7-4-8-22-19/h2-8H,9-14H2,1H3,(H,23,27). The highest BCUT2D eigenvalue weighted by molar-refractivity contribution is 6.33. The number of rotatable bonds is 6. The molecule has 9 heteroatoms. The zero-order chi connectivity index (χ0) is 19.9. The molecular formula is C19H23ClN6O2. The van der Waals surface area contributed by atoms with Gasteiger partial charge in [0.25, 0.3) is 0 Å². The van der Waals surface area contributed by atoms with Crippen LogP contribution >= 0.6 is 11.6 Å². The molecule has 1 aliphatic rings. The highest BCUT2D eigenvalue weighted by atomic mass is 35.5. The third-order valence-electron chi connectivity index (χ3n) is 4.43. The average molecular weight is 403 g/mol. The van der Waals surface area contributed by atoms with Crippen molar-refractivity contribution >= 4 is 35.1 Å². The number of para-hydroxylation sites is 1. The van der Waals surface area contributed by atoms with Crippen LogP contribution in [0.25, 0.3) is 0 Å². The summed E-state index contributed by atoms with van der Waals surface area (Å²) >= 11 is 6.04. The Morgan fingerprint density at radius 2 is 1.75 bits per heavy atom. The first-order chi connectivity index (χ1) is 13.5. The SMILES string of the molecule is CN(CC(=O)Nc1ccccc1Cl)CC(=O)N1CCN(c2ncccn2)CC1. The highest BCUT2D eigenvalue weighted by Crippen LogP contribution is 2.20. The van der Waals surface area contributed by atoms with Gasteiger partial charge in [0.05, 0.1) is 23.8 Å². The summed E-state index contributed by atoms with van der Waals surface area (Å²) in [5.41, 5.74) is 0.563. The molecule has 2 heterocycles. The molecule has 0 atom stereocenters. The van der Waals surface area contributed by atoms with Gasteiger partial charge in [-0.2, -0.15) is 0 Å². The fourth-order valence-corrected chi connectivity index (χ4v) is 3.18. The molecule has 1 aromatic heterocycles.